The van der Waals surface area contributed by atoms with Crippen molar-refractivity contribution >= 4 is 6.29 Å². The van der Waals surface area contributed by atoms with Crippen LogP contribution in [0.2, 0.25) is 0 Å². The summed E-state index contributed by atoms with van der Waals surface area (Å²) in [5.41, 5.74) is 0.614. The number of hydrogen-bond donors (Lipinski definition) is 1. The first kappa shape index (κ1) is 10.0. The Morgan fingerprint density at radius 2 is 2.24 bits per heavy atom. The Morgan fingerprint density at radius 1 is 1.41 bits per heavy atom. The molecule has 2 aromatic rings. The fourth-order valence-electron chi connectivity index (χ4n) is 1.68. The number of carbonyl (C=O) groups excluding carboxylic acids is 1. The number of aromatic nitrogens is 2. The molecule has 1 saturated carbocycles. The highest BCUT2D eigenvalue weighted by atomic mass is 16.5. The molecule has 0 saturated heterocycles. The van der Waals surface area contributed by atoms with Gasteiger partial charge in [0.25, 0.3) is 5.89 Å². The molecular formula is C12H10N2O3. The van der Waals surface area contributed by atoms with Crippen molar-refractivity contribution < 1.29 is 14.4 Å². The van der Waals surface area contributed by atoms with Crippen LogP contribution in [-0.2, 0) is 0 Å². The van der Waals surface area contributed by atoms with Gasteiger partial charge >= 0.3 is 0 Å². The zero-order valence-corrected chi connectivity index (χ0v) is 8.96. The minimum Gasteiger partial charge on any atom is -0.506 e. The van der Waals surface area contributed by atoms with Crippen molar-refractivity contribution in [1.82, 2.24) is 10.1 Å². The Hall–Kier alpha value is -2.17. The lowest BCUT2D eigenvalue weighted by Crippen LogP contribution is -1.86. The standard InChI is InChI=1S/C12H10N2O3/c15-6-8-2-1-3-9(10(8)16)12-13-11(14-17-12)7-4-5-7/h1-3,6-7,16H,4-5H2. The summed E-state index contributed by atoms with van der Waals surface area (Å²) in [4.78, 5) is 14.9. The van der Waals surface area contributed by atoms with Gasteiger partial charge in [0, 0.05) is 5.92 Å². The molecule has 1 fully saturated rings. The van der Waals surface area contributed by atoms with Crippen LogP contribution >= 0.6 is 0 Å². The molecule has 1 aliphatic carbocycles. The van der Waals surface area contributed by atoms with E-state index in [-0.39, 0.29) is 17.2 Å². The molecule has 1 heterocycles. The van der Waals surface area contributed by atoms with Crippen molar-refractivity contribution in [3.05, 3.63) is 29.6 Å². The van der Waals surface area contributed by atoms with E-state index in [0.717, 1.165) is 12.8 Å². The highest BCUT2D eigenvalue weighted by Crippen LogP contribution is 2.39. The van der Waals surface area contributed by atoms with E-state index < -0.39 is 0 Å². The summed E-state index contributed by atoms with van der Waals surface area (Å²) in [5, 5.41) is 13.7. The van der Waals surface area contributed by atoms with Crippen LogP contribution in [0.4, 0.5) is 0 Å². The molecule has 0 radical (unpaired) electrons. The first-order valence-electron chi connectivity index (χ1n) is 5.40. The van der Waals surface area contributed by atoms with Gasteiger partial charge in [0.15, 0.2) is 12.1 Å². The molecule has 1 aromatic carbocycles. The molecular weight excluding hydrogens is 220 g/mol. The lowest BCUT2D eigenvalue weighted by atomic mass is 10.1. The van der Waals surface area contributed by atoms with Gasteiger partial charge in [-0.15, -0.1) is 0 Å². The van der Waals surface area contributed by atoms with Crippen LogP contribution in [-0.4, -0.2) is 21.5 Å². The lowest BCUT2D eigenvalue weighted by molar-refractivity contribution is 0.112. The first-order chi connectivity index (χ1) is 8.29. The van der Waals surface area contributed by atoms with Crippen LogP contribution in [0, 0.1) is 0 Å². The third-order valence-corrected chi connectivity index (χ3v) is 2.81. The average Bonchev–Trinajstić information content (AvgIpc) is 3.08. The number of rotatable bonds is 3. The van der Waals surface area contributed by atoms with E-state index in [4.69, 9.17) is 4.52 Å². The van der Waals surface area contributed by atoms with Crippen molar-refractivity contribution in [2.75, 3.05) is 0 Å². The number of nitrogens with zero attached hydrogens (tertiary/aromatic N) is 2. The number of aromatic hydroxyl groups is 1. The van der Waals surface area contributed by atoms with Crippen LogP contribution in [0.1, 0.15) is 34.9 Å². The van der Waals surface area contributed by atoms with Crippen molar-refractivity contribution in [2.45, 2.75) is 18.8 Å². The third-order valence-electron chi connectivity index (χ3n) is 2.81. The largest absolute Gasteiger partial charge is 0.506 e. The second-order valence-corrected chi connectivity index (χ2v) is 4.09. The van der Waals surface area contributed by atoms with E-state index in [2.05, 4.69) is 10.1 Å². The average molecular weight is 230 g/mol. The maximum Gasteiger partial charge on any atom is 0.261 e. The molecule has 3 rings (SSSR count). The van der Waals surface area contributed by atoms with Gasteiger partial charge in [0.2, 0.25) is 0 Å². The molecule has 0 bridgehead atoms. The number of para-hydroxylation sites is 1. The van der Waals surface area contributed by atoms with Gasteiger partial charge in [-0.05, 0) is 25.0 Å². The van der Waals surface area contributed by atoms with Gasteiger partial charge in [-0.2, -0.15) is 4.98 Å². The molecule has 5 nitrogen and oxygen atoms in total. The fourth-order valence-corrected chi connectivity index (χ4v) is 1.68. The van der Waals surface area contributed by atoms with E-state index in [1.54, 1.807) is 12.1 Å². The van der Waals surface area contributed by atoms with Gasteiger partial charge in [0.1, 0.15) is 5.75 Å². The molecule has 17 heavy (non-hydrogen) atoms. The Morgan fingerprint density at radius 3 is 2.94 bits per heavy atom. The molecule has 5 heteroatoms. The minimum atomic E-state index is -0.117. The van der Waals surface area contributed by atoms with Crippen LogP contribution in [0.5, 0.6) is 5.75 Å². The zero-order chi connectivity index (χ0) is 11.8. The Bertz CT molecular complexity index is 573. The third kappa shape index (κ3) is 1.69. The maximum atomic E-state index is 10.7. The number of benzene rings is 1. The normalized spacial score (nSPS) is 14.8. The van der Waals surface area contributed by atoms with Crippen molar-refractivity contribution in [3.63, 3.8) is 0 Å². The zero-order valence-electron chi connectivity index (χ0n) is 8.96. The van der Waals surface area contributed by atoms with Crippen LogP contribution in [0.25, 0.3) is 11.5 Å². The van der Waals surface area contributed by atoms with E-state index in [0.29, 0.717) is 23.6 Å². The van der Waals surface area contributed by atoms with E-state index in [9.17, 15) is 9.90 Å². The Balaban J connectivity index is 2.04. The highest BCUT2D eigenvalue weighted by Gasteiger charge is 2.29. The molecule has 0 unspecified atom stereocenters. The van der Waals surface area contributed by atoms with E-state index >= 15 is 0 Å². The number of carbonyl (C=O) groups is 1. The van der Waals surface area contributed by atoms with Crippen molar-refractivity contribution in [1.29, 1.82) is 0 Å². The predicted molar refractivity (Wildman–Crippen MR) is 58.8 cm³/mol. The van der Waals surface area contributed by atoms with Crippen LogP contribution < -0.4 is 0 Å². The number of phenols is 1. The predicted octanol–water partition coefficient (Wildman–Crippen LogP) is 2.13. The second-order valence-electron chi connectivity index (χ2n) is 4.09. The fraction of sp³-hybridized carbons (Fsp3) is 0.250. The second kappa shape index (κ2) is 3.69. The molecule has 0 spiro atoms. The molecule has 1 aliphatic rings. The summed E-state index contributed by atoms with van der Waals surface area (Å²) in [6.07, 6.45) is 2.76. The SMILES string of the molecule is O=Cc1cccc(-c2nc(C3CC3)no2)c1O. The maximum absolute atomic E-state index is 10.7. The molecule has 1 N–H and O–H groups in total. The van der Waals surface area contributed by atoms with E-state index in [1.807, 2.05) is 0 Å². The molecule has 0 aliphatic heterocycles. The monoisotopic (exact) mass is 230 g/mol. The van der Waals surface area contributed by atoms with Crippen molar-refractivity contribution in [3.8, 4) is 17.2 Å². The summed E-state index contributed by atoms with van der Waals surface area (Å²) < 4.78 is 5.10. The van der Waals surface area contributed by atoms with Gasteiger partial charge in [0.05, 0.1) is 11.1 Å². The lowest BCUT2D eigenvalue weighted by Gasteiger charge is -2.00. The summed E-state index contributed by atoms with van der Waals surface area (Å²) in [6, 6.07) is 4.84. The first-order valence-corrected chi connectivity index (χ1v) is 5.40. The van der Waals surface area contributed by atoms with Gasteiger partial charge < -0.3 is 9.63 Å². The number of hydrogen-bond acceptors (Lipinski definition) is 5. The van der Waals surface area contributed by atoms with E-state index in [1.165, 1.54) is 6.07 Å². The Kier molecular flexibility index (Phi) is 2.18. The summed E-state index contributed by atoms with van der Waals surface area (Å²) in [7, 11) is 0. The molecule has 86 valence electrons. The number of phenolic OH excluding ortho intramolecular Hbond substituents is 1. The topological polar surface area (TPSA) is 76.2 Å². The van der Waals surface area contributed by atoms with Crippen LogP contribution in [0.3, 0.4) is 0 Å². The molecule has 0 atom stereocenters. The summed E-state index contributed by atoms with van der Waals surface area (Å²) in [5.74, 6) is 1.21. The van der Waals surface area contributed by atoms with Gasteiger partial charge in [-0.1, -0.05) is 11.2 Å². The molecule has 0 amide bonds. The minimum absolute atomic E-state index is 0.117. The summed E-state index contributed by atoms with van der Waals surface area (Å²) in [6.45, 7) is 0. The Labute approximate surface area is 97.1 Å². The quantitative estimate of drug-likeness (QED) is 0.817. The summed E-state index contributed by atoms with van der Waals surface area (Å²) >= 11 is 0. The highest BCUT2D eigenvalue weighted by molar-refractivity contribution is 5.84. The van der Waals surface area contributed by atoms with Crippen LogP contribution in [0.15, 0.2) is 22.7 Å². The van der Waals surface area contributed by atoms with Gasteiger partial charge in [-0.25, -0.2) is 0 Å². The number of aldehydes is 1. The van der Waals surface area contributed by atoms with Gasteiger partial charge in [-0.3, -0.25) is 4.79 Å². The molecule has 1 aromatic heterocycles. The smallest absolute Gasteiger partial charge is 0.261 e. The van der Waals surface area contributed by atoms with Crippen molar-refractivity contribution in [2.24, 2.45) is 0 Å².